The van der Waals surface area contributed by atoms with Gasteiger partial charge in [0.15, 0.2) is 5.72 Å². The van der Waals surface area contributed by atoms with Crippen molar-refractivity contribution >= 4 is 40.6 Å². The van der Waals surface area contributed by atoms with Crippen LogP contribution in [0.3, 0.4) is 0 Å². The number of urea groups is 1. The Labute approximate surface area is 191 Å². The van der Waals surface area contributed by atoms with Gasteiger partial charge in [-0.1, -0.05) is 41.4 Å². The predicted molar refractivity (Wildman–Crippen MR) is 124 cm³/mol. The van der Waals surface area contributed by atoms with E-state index in [1.54, 1.807) is 91.5 Å². The van der Waals surface area contributed by atoms with Gasteiger partial charge in [-0.2, -0.15) is 0 Å². The van der Waals surface area contributed by atoms with Gasteiger partial charge in [0.1, 0.15) is 0 Å². The first-order valence-electron chi connectivity index (χ1n) is 9.89. The fraction of sp³-hybridized carbons (Fsp3) is 0.208. The molecule has 0 aromatic heterocycles. The first kappa shape index (κ1) is 21.7. The maximum atomic E-state index is 13.7. The van der Waals surface area contributed by atoms with Crippen molar-refractivity contribution in [3.8, 4) is 0 Å². The lowest BCUT2D eigenvalue weighted by atomic mass is 9.92. The molecule has 3 atom stereocenters. The summed E-state index contributed by atoms with van der Waals surface area (Å²) in [5.41, 5.74) is 0.561. The van der Waals surface area contributed by atoms with Crippen LogP contribution in [0.4, 0.5) is 16.2 Å². The van der Waals surface area contributed by atoms with E-state index in [2.05, 4.69) is 0 Å². The molecule has 1 saturated heterocycles. The summed E-state index contributed by atoms with van der Waals surface area (Å²) in [6.45, 7) is 3.45. The topological polar surface area (TPSA) is 64.0 Å². The van der Waals surface area contributed by atoms with Crippen LogP contribution < -0.4 is 9.80 Å². The molecular weight excluding hydrogens is 435 g/mol. The van der Waals surface area contributed by atoms with Crippen molar-refractivity contribution < 1.29 is 15.0 Å². The Morgan fingerprint density at radius 2 is 1.48 bits per heavy atom. The minimum atomic E-state index is -1.70. The molecule has 4 rings (SSSR count). The highest BCUT2D eigenvalue weighted by atomic mass is 35.5. The van der Waals surface area contributed by atoms with Gasteiger partial charge in [-0.05, 0) is 74.0 Å². The summed E-state index contributed by atoms with van der Waals surface area (Å²) < 4.78 is 0. The summed E-state index contributed by atoms with van der Waals surface area (Å²) in [4.78, 5) is 16.6. The van der Waals surface area contributed by atoms with Crippen molar-refractivity contribution in [3.63, 3.8) is 0 Å². The van der Waals surface area contributed by atoms with Crippen LogP contribution in [0.1, 0.15) is 31.1 Å². The van der Waals surface area contributed by atoms with Gasteiger partial charge in [0.25, 0.3) is 0 Å². The number of hydrogen-bond acceptors (Lipinski definition) is 3. The average Bonchev–Trinajstić information content (AvgIpc) is 2.96. The average molecular weight is 457 g/mol. The van der Waals surface area contributed by atoms with Crippen LogP contribution in [0.5, 0.6) is 0 Å². The Hall–Kier alpha value is -2.57. The first-order chi connectivity index (χ1) is 14.7. The molecule has 1 heterocycles. The van der Waals surface area contributed by atoms with Gasteiger partial charge in [-0.3, -0.25) is 9.80 Å². The van der Waals surface area contributed by atoms with E-state index >= 15 is 0 Å². The lowest BCUT2D eigenvalue weighted by Crippen LogP contribution is -2.48. The zero-order chi connectivity index (χ0) is 22.3. The van der Waals surface area contributed by atoms with Gasteiger partial charge in [0.05, 0.1) is 12.1 Å². The summed E-state index contributed by atoms with van der Waals surface area (Å²) in [5.74, 6) is 0. The number of aliphatic hydroxyl groups excluding tert-OH is 1. The van der Waals surface area contributed by atoms with E-state index in [0.717, 1.165) is 0 Å². The number of rotatable bonds is 4. The van der Waals surface area contributed by atoms with Crippen LogP contribution in [0.15, 0.2) is 72.8 Å². The molecule has 31 heavy (non-hydrogen) atoms. The molecule has 1 aliphatic heterocycles. The summed E-state index contributed by atoms with van der Waals surface area (Å²) in [6, 6.07) is 19.6. The summed E-state index contributed by atoms with van der Waals surface area (Å²) >= 11 is 12.1. The van der Waals surface area contributed by atoms with E-state index < -0.39 is 17.9 Å². The molecule has 1 fully saturated rings. The summed E-state index contributed by atoms with van der Waals surface area (Å²) in [6.07, 6.45) is -0.715. The quantitative estimate of drug-likeness (QED) is 0.526. The Bertz CT molecular complexity index is 1100. The molecule has 0 radical (unpaired) electrons. The number of hydrogen-bond donors (Lipinski definition) is 2. The molecule has 7 heteroatoms. The molecule has 2 amide bonds. The molecule has 3 aromatic carbocycles. The number of anilines is 2. The molecular formula is C24H22Cl2N2O3. The monoisotopic (exact) mass is 456 g/mol. The smallest absolute Gasteiger partial charge is 0.332 e. The van der Waals surface area contributed by atoms with Crippen LogP contribution in [-0.4, -0.2) is 22.3 Å². The fourth-order valence-electron chi connectivity index (χ4n) is 4.02. The van der Waals surface area contributed by atoms with Crippen molar-refractivity contribution in [1.29, 1.82) is 0 Å². The maximum Gasteiger partial charge on any atom is 0.332 e. The van der Waals surface area contributed by atoms with Crippen molar-refractivity contribution in [2.45, 2.75) is 31.7 Å². The van der Waals surface area contributed by atoms with Crippen LogP contribution in [0.25, 0.3) is 0 Å². The normalized spacial score (nSPS) is 22.1. The molecule has 2 N–H and O–H groups in total. The van der Waals surface area contributed by atoms with Crippen molar-refractivity contribution in [2.75, 3.05) is 9.80 Å². The highest BCUT2D eigenvalue weighted by Crippen LogP contribution is 2.45. The zero-order valence-electron chi connectivity index (χ0n) is 17.0. The van der Waals surface area contributed by atoms with E-state index in [9.17, 15) is 15.0 Å². The van der Waals surface area contributed by atoms with Gasteiger partial charge in [-0.25, -0.2) is 4.79 Å². The van der Waals surface area contributed by atoms with E-state index in [1.165, 1.54) is 4.90 Å². The van der Waals surface area contributed by atoms with E-state index in [-0.39, 0.29) is 6.03 Å². The highest BCUT2D eigenvalue weighted by Gasteiger charge is 2.56. The number of benzene rings is 3. The second-order valence-corrected chi connectivity index (χ2v) is 8.52. The Morgan fingerprint density at radius 3 is 2.03 bits per heavy atom. The Morgan fingerprint density at radius 1 is 0.935 bits per heavy atom. The van der Waals surface area contributed by atoms with E-state index in [0.29, 0.717) is 32.5 Å². The molecule has 0 bridgehead atoms. The SMILES string of the molecule is CC(O)c1cccc(C2(O)C(C)N(c3ccc(Cl)cc3)C(=O)N2c2ccc(Cl)cc2)c1. The van der Waals surface area contributed by atoms with Crippen molar-refractivity contribution in [3.05, 3.63) is 94.0 Å². The fourth-order valence-corrected chi connectivity index (χ4v) is 4.27. The first-order valence-corrected chi connectivity index (χ1v) is 10.6. The predicted octanol–water partition coefficient (Wildman–Crippen LogP) is 5.73. The molecule has 0 spiro atoms. The second-order valence-electron chi connectivity index (χ2n) is 7.64. The zero-order valence-corrected chi connectivity index (χ0v) is 18.5. The third-order valence-corrected chi connectivity index (χ3v) is 6.20. The number of carbonyl (C=O) groups excluding carboxylic acids is 1. The van der Waals surface area contributed by atoms with Crippen LogP contribution in [0, 0.1) is 0 Å². The molecule has 3 aromatic rings. The summed E-state index contributed by atoms with van der Waals surface area (Å²) in [5, 5.41) is 23.2. The van der Waals surface area contributed by atoms with Gasteiger partial charge < -0.3 is 10.2 Å². The maximum absolute atomic E-state index is 13.7. The van der Waals surface area contributed by atoms with Gasteiger partial charge in [-0.15, -0.1) is 0 Å². The minimum Gasteiger partial charge on any atom is -0.389 e. The lowest BCUT2D eigenvalue weighted by molar-refractivity contribution is 0.0370. The van der Waals surface area contributed by atoms with E-state index in [1.807, 2.05) is 0 Å². The standard InChI is InChI=1S/C24H22Cl2N2O3/c1-15(29)17-4-3-5-18(14-17)24(31)16(2)27(21-10-6-19(25)7-11-21)23(30)28(24)22-12-8-20(26)9-13-22/h3-16,29,31H,1-2H3. The molecule has 5 nitrogen and oxygen atoms in total. The van der Waals surface area contributed by atoms with E-state index in [4.69, 9.17) is 23.2 Å². The van der Waals surface area contributed by atoms with Crippen LogP contribution >= 0.6 is 23.2 Å². The Balaban J connectivity index is 1.90. The molecule has 0 saturated carbocycles. The van der Waals surface area contributed by atoms with Crippen molar-refractivity contribution in [2.24, 2.45) is 0 Å². The van der Waals surface area contributed by atoms with Gasteiger partial charge in [0, 0.05) is 27.0 Å². The number of aliphatic hydroxyl groups is 2. The minimum absolute atomic E-state index is 0.387. The van der Waals surface area contributed by atoms with Crippen LogP contribution in [0.2, 0.25) is 10.0 Å². The third kappa shape index (κ3) is 3.68. The van der Waals surface area contributed by atoms with Gasteiger partial charge in [0.2, 0.25) is 0 Å². The molecule has 3 unspecified atom stereocenters. The Kier molecular flexibility index (Phi) is 5.71. The van der Waals surface area contributed by atoms with Gasteiger partial charge >= 0.3 is 6.03 Å². The summed E-state index contributed by atoms with van der Waals surface area (Å²) in [7, 11) is 0. The third-order valence-electron chi connectivity index (χ3n) is 5.69. The second kappa shape index (κ2) is 8.17. The largest absolute Gasteiger partial charge is 0.389 e. The molecule has 1 aliphatic rings. The molecule has 0 aliphatic carbocycles. The lowest BCUT2D eigenvalue weighted by Gasteiger charge is -2.36. The number of halogens is 2. The number of carbonyl (C=O) groups is 1. The van der Waals surface area contributed by atoms with Crippen molar-refractivity contribution in [1.82, 2.24) is 0 Å². The highest BCUT2D eigenvalue weighted by molar-refractivity contribution is 6.31. The number of nitrogens with zero attached hydrogens (tertiary/aromatic N) is 2. The van der Waals surface area contributed by atoms with Crippen LogP contribution in [-0.2, 0) is 5.72 Å². The number of amides is 2. The molecule has 160 valence electrons.